The van der Waals surface area contributed by atoms with Crippen molar-refractivity contribution in [1.82, 2.24) is 20.7 Å². The van der Waals surface area contributed by atoms with Crippen molar-refractivity contribution in [1.29, 1.82) is 0 Å². The highest BCUT2D eigenvalue weighted by Gasteiger charge is 2.35. The Morgan fingerprint density at radius 3 is 2.83 bits per heavy atom. The van der Waals surface area contributed by atoms with Crippen LogP contribution in [-0.4, -0.2) is 33.9 Å². The van der Waals surface area contributed by atoms with Gasteiger partial charge in [0.2, 0.25) is 5.91 Å². The Labute approximate surface area is 145 Å². The summed E-state index contributed by atoms with van der Waals surface area (Å²) in [5.74, 6) is 0.247. The maximum atomic E-state index is 13.2. The molecule has 2 heterocycles. The summed E-state index contributed by atoms with van der Waals surface area (Å²) in [6.07, 6.45) is 12.8. The molecule has 1 aromatic rings. The van der Waals surface area contributed by atoms with Gasteiger partial charge in [-0.1, -0.05) is 38.7 Å². The minimum absolute atomic E-state index is 0.0971. The molecule has 2 aliphatic rings. The monoisotopic (exact) mass is 330 g/mol. The molecule has 1 saturated carbocycles. The fraction of sp³-hybridized carbons (Fsp3) is 0.684. The summed E-state index contributed by atoms with van der Waals surface area (Å²) >= 11 is 0. The second kappa shape index (κ2) is 8.58. The van der Waals surface area contributed by atoms with E-state index in [4.69, 9.17) is 0 Å². The zero-order chi connectivity index (χ0) is 16.8. The largest absolute Gasteiger partial charge is 0.334 e. The Morgan fingerprint density at radius 2 is 2.12 bits per heavy atom. The lowest BCUT2D eigenvalue weighted by Crippen LogP contribution is -2.49. The number of amides is 1. The molecule has 2 unspecified atom stereocenters. The van der Waals surface area contributed by atoms with Gasteiger partial charge in [-0.25, -0.2) is 5.43 Å². The van der Waals surface area contributed by atoms with Crippen LogP contribution in [0.4, 0.5) is 0 Å². The topological polar surface area (TPSA) is 57.3 Å². The highest BCUT2D eigenvalue weighted by Crippen LogP contribution is 2.26. The molecule has 1 aliphatic heterocycles. The first-order valence-corrected chi connectivity index (χ1v) is 9.48. The lowest BCUT2D eigenvalue weighted by Gasteiger charge is -2.36. The fourth-order valence-electron chi connectivity index (χ4n) is 3.99. The van der Waals surface area contributed by atoms with E-state index in [1.165, 1.54) is 19.3 Å². The van der Waals surface area contributed by atoms with Crippen LogP contribution in [0.15, 0.2) is 24.5 Å². The van der Waals surface area contributed by atoms with Gasteiger partial charge in [-0.05, 0) is 37.3 Å². The summed E-state index contributed by atoms with van der Waals surface area (Å²) in [6, 6.07) is 4.70. The van der Waals surface area contributed by atoms with Crippen LogP contribution < -0.4 is 10.9 Å². The molecule has 0 spiro atoms. The Balaban J connectivity index is 1.70. The van der Waals surface area contributed by atoms with Crippen LogP contribution >= 0.6 is 0 Å². The predicted octanol–water partition coefficient (Wildman–Crippen LogP) is 2.78. The average Bonchev–Trinajstić information content (AvgIpc) is 3.10. The van der Waals surface area contributed by atoms with E-state index in [2.05, 4.69) is 33.7 Å². The molecule has 132 valence electrons. The molecule has 0 bridgehead atoms. The number of nitrogens with one attached hydrogen (secondary N) is 2. The molecular formula is C19H30N4O. The second-order valence-electron chi connectivity index (χ2n) is 7.18. The van der Waals surface area contributed by atoms with Gasteiger partial charge in [-0.3, -0.25) is 15.2 Å². The minimum atomic E-state index is -0.0971. The first-order chi connectivity index (χ1) is 11.8. The number of aromatic nitrogens is 1. The van der Waals surface area contributed by atoms with E-state index < -0.39 is 0 Å². The third-order valence-corrected chi connectivity index (χ3v) is 5.29. The summed E-state index contributed by atoms with van der Waals surface area (Å²) in [6.45, 7) is 2.86. The number of hydrazine groups is 1. The van der Waals surface area contributed by atoms with Gasteiger partial charge < -0.3 is 4.90 Å². The summed E-state index contributed by atoms with van der Waals surface area (Å²) in [4.78, 5) is 19.5. The summed E-state index contributed by atoms with van der Waals surface area (Å²) < 4.78 is 0. The van der Waals surface area contributed by atoms with Gasteiger partial charge >= 0.3 is 0 Å². The van der Waals surface area contributed by atoms with E-state index in [9.17, 15) is 4.79 Å². The summed E-state index contributed by atoms with van der Waals surface area (Å²) in [7, 11) is 0. The van der Waals surface area contributed by atoms with Crippen molar-refractivity contribution < 1.29 is 4.79 Å². The van der Waals surface area contributed by atoms with Crippen LogP contribution in [0, 0.1) is 0 Å². The highest BCUT2D eigenvalue weighted by atomic mass is 16.2. The molecule has 2 N–H and O–H groups in total. The molecule has 1 amide bonds. The molecule has 1 aromatic heterocycles. The highest BCUT2D eigenvalue weighted by molar-refractivity contribution is 5.82. The van der Waals surface area contributed by atoms with Gasteiger partial charge in [0.15, 0.2) is 0 Å². The Morgan fingerprint density at radius 1 is 1.29 bits per heavy atom. The van der Waals surface area contributed by atoms with Crippen LogP contribution in [-0.2, 0) is 11.3 Å². The molecule has 1 saturated heterocycles. The molecule has 3 rings (SSSR count). The zero-order valence-electron chi connectivity index (χ0n) is 14.7. The summed E-state index contributed by atoms with van der Waals surface area (Å²) in [5.41, 5.74) is 7.66. The van der Waals surface area contributed by atoms with E-state index in [0.717, 1.165) is 37.7 Å². The Bertz CT molecular complexity index is 515. The molecule has 0 aromatic carbocycles. The van der Waals surface area contributed by atoms with Gasteiger partial charge in [0, 0.05) is 31.0 Å². The zero-order valence-corrected chi connectivity index (χ0v) is 14.7. The first kappa shape index (κ1) is 17.4. The van der Waals surface area contributed by atoms with Gasteiger partial charge in [0.05, 0.1) is 0 Å². The van der Waals surface area contributed by atoms with Crippen molar-refractivity contribution >= 4 is 5.91 Å². The quantitative estimate of drug-likeness (QED) is 0.842. The van der Waals surface area contributed by atoms with Gasteiger partial charge in [0.25, 0.3) is 0 Å². The van der Waals surface area contributed by atoms with Crippen molar-refractivity contribution in [3.63, 3.8) is 0 Å². The van der Waals surface area contributed by atoms with Crippen LogP contribution in [0.1, 0.15) is 63.9 Å². The lowest BCUT2D eigenvalue weighted by atomic mass is 9.93. The molecule has 24 heavy (non-hydrogen) atoms. The van der Waals surface area contributed by atoms with Gasteiger partial charge in [-0.15, -0.1) is 0 Å². The normalized spacial score (nSPS) is 24.9. The van der Waals surface area contributed by atoms with Crippen LogP contribution in [0.3, 0.4) is 0 Å². The molecule has 0 radical (unpaired) electrons. The van der Waals surface area contributed by atoms with Crippen molar-refractivity contribution in [2.45, 2.75) is 83.0 Å². The SMILES string of the molecule is CCCC1CC(C(=O)N(Cc2cccnc2)C2CCCCC2)NN1. The maximum absolute atomic E-state index is 13.2. The number of carbonyl (C=O) groups is 1. The standard InChI is InChI=1S/C19H30N4O/c1-2-7-16-12-18(22-21-16)19(24)23(17-9-4-3-5-10-17)14-15-8-6-11-20-13-15/h6,8,11,13,16-18,21-22H,2-5,7,9-10,12,14H2,1H3. The van der Waals surface area contributed by atoms with E-state index in [1.54, 1.807) is 6.20 Å². The molecule has 5 nitrogen and oxygen atoms in total. The lowest BCUT2D eigenvalue weighted by molar-refractivity contribution is -0.137. The van der Waals surface area contributed by atoms with Crippen molar-refractivity contribution in [2.24, 2.45) is 0 Å². The number of hydrogen-bond acceptors (Lipinski definition) is 4. The van der Waals surface area contributed by atoms with Crippen molar-refractivity contribution in [2.75, 3.05) is 0 Å². The third kappa shape index (κ3) is 4.33. The van der Waals surface area contributed by atoms with Crippen LogP contribution in [0.25, 0.3) is 0 Å². The fourth-order valence-corrected chi connectivity index (χ4v) is 3.99. The number of rotatable bonds is 6. The number of pyridine rings is 1. The smallest absolute Gasteiger partial charge is 0.241 e. The third-order valence-electron chi connectivity index (χ3n) is 5.29. The second-order valence-corrected chi connectivity index (χ2v) is 7.18. The van der Waals surface area contributed by atoms with Gasteiger partial charge in [-0.2, -0.15) is 0 Å². The maximum Gasteiger partial charge on any atom is 0.241 e. The number of carbonyl (C=O) groups excluding carboxylic acids is 1. The molecule has 2 fully saturated rings. The minimum Gasteiger partial charge on any atom is -0.334 e. The van der Waals surface area contributed by atoms with Crippen molar-refractivity contribution in [3.8, 4) is 0 Å². The van der Waals surface area contributed by atoms with E-state index >= 15 is 0 Å². The van der Waals surface area contributed by atoms with Gasteiger partial charge in [0.1, 0.15) is 6.04 Å². The predicted molar refractivity (Wildman–Crippen MR) is 95.0 cm³/mol. The van der Waals surface area contributed by atoms with Crippen LogP contribution in [0.5, 0.6) is 0 Å². The van der Waals surface area contributed by atoms with E-state index in [1.807, 2.05) is 12.3 Å². The Kier molecular flexibility index (Phi) is 6.21. The van der Waals surface area contributed by atoms with E-state index in [0.29, 0.717) is 18.6 Å². The Hall–Kier alpha value is -1.46. The molecule has 2 atom stereocenters. The molecule has 5 heteroatoms. The summed E-state index contributed by atoms with van der Waals surface area (Å²) in [5, 5.41) is 0. The average molecular weight is 330 g/mol. The van der Waals surface area contributed by atoms with E-state index in [-0.39, 0.29) is 11.9 Å². The number of hydrogen-bond donors (Lipinski definition) is 2. The van der Waals surface area contributed by atoms with Crippen LogP contribution in [0.2, 0.25) is 0 Å². The molecule has 1 aliphatic carbocycles. The first-order valence-electron chi connectivity index (χ1n) is 9.48. The number of nitrogens with zero attached hydrogens (tertiary/aromatic N) is 2. The molecular weight excluding hydrogens is 300 g/mol. The van der Waals surface area contributed by atoms with Crippen molar-refractivity contribution in [3.05, 3.63) is 30.1 Å².